The van der Waals surface area contributed by atoms with Crippen molar-refractivity contribution in [2.45, 2.75) is 19.8 Å². The second-order valence-electron chi connectivity index (χ2n) is 6.28. The topological polar surface area (TPSA) is 30.3 Å². The molecule has 0 amide bonds. The maximum absolute atomic E-state index is 8.61. The van der Waals surface area contributed by atoms with Gasteiger partial charge in [0.15, 0.2) is 0 Å². The summed E-state index contributed by atoms with van der Waals surface area (Å²) >= 11 is 0. The Morgan fingerprint density at radius 3 is 2.35 bits per heavy atom. The number of likely N-dealkylation sites (tertiary alicyclic amines) is 1. The molecule has 0 aliphatic carbocycles. The highest BCUT2D eigenvalue weighted by atomic mass is 15.2. The molecule has 1 aromatic rings. The lowest BCUT2D eigenvalue weighted by molar-refractivity contribution is 0.313. The molecule has 2 aliphatic heterocycles. The number of anilines is 1. The van der Waals surface area contributed by atoms with Gasteiger partial charge in [0.2, 0.25) is 0 Å². The molecule has 0 unspecified atom stereocenters. The predicted molar refractivity (Wildman–Crippen MR) is 81.7 cm³/mol. The van der Waals surface area contributed by atoms with Crippen molar-refractivity contribution in [3.05, 3.63) is 29.8 Å². The van der Waals surface area contributed by atoms with Crippen molar-refractivity contribution < 1.29 is 0 Å². The Kier molecular flexibility index (Phi) is 3.93. The van der Waals surface area contributed by atoms with Gasteiger partial charge in [0, 0.05) is 38.3 Å². The summed E-state index contributed by atoms with van der Waals surface area (Å²) in [6.07, 6.45) is 1.72. The Hall–Kier alpha value is -1.53. The standard InChI is InChI=1S/C17H23N3/c1-14-4-6-17(7-5-14)20-12-15-10-19(9-3-2-8-18)11-16(15)13-20/h4-7,15-16H,2-3,9-13H2,1H3/t15-,16+. The van der Waals surface area contributed by atoms with Crippen molar-refractivity contribution in [3.63, 3.8) is 0 Å². The minimum Gasteiger partial charge on any atom is -0.371 e. The third-order valence-corrected chi connectivity index (χ3v) is 4.72. The van der Waals surface area contributed by atoms with Crippen LogP contribution in [0.1, 0.15) is 18.4 Å². The zero-order valence-electron chi connectivity index (χ0n) is 12.3. The first-order valence-corrected chi connectivity index (χ1v) is 7.67. The van der Waals surface area contributed by atoms with E-state index in [1.54, 1.807) is 0 Å². The van der Waals surface area contributed by atoms with Crippen molar-refractivity contribution in [2.75, 3.05) is 37.6 Å². The molecular weight excluding hydrogens is 246 g/mol. The smallest absolute Gasteiger partial charge is 0.0622 e. The lowest BCUT2D eigenvalue weighted by atomic mass is 10.0. The normalized spacial score (nSPS) is 25.7. The number of unbranched alkanes of at least 4 members (excludes halogenated alkanes) is 1. The van der Waals surface area contributed by atoms with Crippen LogP contribution in [0.3, 0.4) is 0 Å². The number of hydrogen-bond donors (Lipinski definition) is 0. The van der Waals surface area contributed by atoms with E-state index in [4.69, 9.17) is 5.26 Å². The van der Waals surface area contributed by atoms with Crippen molar-refractivity contribution in [2.24, 2.45) is 11.8 Å². The average Bonchev–Trinajstić information content (AvgIpc) is 2.98. The first-order valence-electron chi connectivity index (χ1n) is 7.67. The van der Waals surface area contributed by atoms with Crippen LogP contribution in [-0.4, -0.2) is 37.6 Å². The fourth-order valence-corrected chi connectivity index (χ4v) is 3.62. The van der Waals surface area contributed by atoms with Crippen molar-refractivity contribution in [1.29, 1.82) is 5.26 Å². The molecule has 0 bridgehead atoms. The molecule has 0 spiro atoms. The zero-order chi connectivity index (χ0) is 13.9. The van der Waals surface area contributed by atoms with E-state index < -0.39 is 0 Å². The molecule has 2 aliphatic rings. The van der Waals surface area contributed by atoms with E-state index in [9.17, 15) is 0 Å². The Labute approximate surface area is 121 Å². The summed E-state index contributed by atoms with van der Waals surface area (Å²) in [5.74, 6) is 1.64. The molecule has 2 fully saturated rings. The summed E-state index contributed by atoms with van der Waals surface area (Å²) in [5.41, 5.74) is 2.71. The van der Waals surface area contributed by atoms with Crippen molar-refractivity contribution in [3.8, 4) is 6.07 Å². The van der Waals surface area contributed by atoms with Gasteiger partial charge < -0.3 is 9.80 Å². The second kappa shape index (κ2) is 5.85. The van der Waals surface area contributed by atoms with Gasteiger partial charge in [0.1, 0.15) is 0 Å². The molecule has 20 heavy (non-hydrogen) atoms. The number of nitrogens with zero attached hydrogens (tertiary/aromatic N) is 3. The summed E-state index contributed by atoms with van der Waals surface area (Å²) in [6.45, 7) is 8.08. The van der Waals surface area contributed by atoms with Gasteiger partial charge in [-0.1, -0.05) is 17.7 Å². The van der Waals surface area contributed by atoms with Crippen LogP contribution in [-0.2, 0) is 0 Å². The molecule has 3 nitrogen and oxygen atoms in total. The molecule has 1 aromatic carbocycles. The maximum atomic E-state index is 8.61. The fraction of sp³-hybridized carbons (Fsp3) is 0.588. The van der Waals surface area contributed by atoms with E-state index in [0.29, 0.717) is 6.42 Å². The van der Waals surface area contributed by atoms with Crippen LogP contribution in [0.4, 0.5) is 5.69 Å². The van der Waals surface area contributed by atoms with Crippen molar-refractivity contribution in [1.82, 2.24) is 4.90 Å². The number of hydrogen-bond acceptors (Lipinski definition) is 3. The van der Waals surface area contributed by atoms with Gasteiger partial charge in [0.25, 0.3) is 0 Å². The highest BCUT2D eigenvalue weighted by Crippen LogP contribution is 2.34. The third kappa shape index (κ3) is 2.81. The minimum atomic E-state index is 0.696. The summed E-state index contributed by atoms with van der Waals surface area (Å²) in [6, 6.07) is 11.2. The van der Waals surface area contributed by atoms with E-state index >= 15 is 0 Å². The average molecular weight is 269 g/mol. The molecule has 2 atom stereocenters. The van der Waals surface area contributed by atoms with Gasteiger partial charge in [-0.15, -0.1) is 0 Å². The quantitative estimate of drug-likeness (QED) is 0.787. The van der Waals surface area contributed by atoms with E-state index in [0.717, 1.165) is 24.8 Å². The molecule has 106 valence electrons. The van der Waals surface area contributed by atoms with E-state index in [1.165, 1.54) is 37.4 Å². The summed E-state index contributed by atoms with van der Waals surface area (Å²) < 4.78 is 0. The monoisotopic (exact) mass is 269 g/mol. The molecule has 2 saturated heterocycles. The summed E-state index contributed by atoms with van der Waals surface area (Å²) in [7, 11) is 0. The Bertz CT molecular complexity index is 474. The van der Waals surface area contributed by atoms with Crippen LogP contribution in [0, 0.1) is 30.1 Å². The molecule has 3 rings (SSSR count). The van der Waals surface area contributed by atoms with Gasteiger partial charge in [-0.05, 0) is 43.9 Å². The van der Waals surface area contributed by atoms with Gasteiger partial charge in [-0.25, -0.2) is 0 Å². The van der Waals surface area contributed by atoms with Crippen molar-refractivity contribution >= 4 is 5.69 Å². The van der Waals surface area contributed by atoms with Gasteiger partial charge in [-0.2, -0.15) is 5.26 Å². The third-order valence-electron chi connectivity index (χ3n) is 4.72. The maximum Gasteiger partial charge on any atom is 0.0622 e. The molecule has 0 aromatic heterocycles. The Morgan fingerprint density at radius 1 is 1.10 bits per heavy atom. The van der Waals surface area contributed by atoms with Crippen LogP contribution in [0.2, 0.25) is 0 Å². The molecule has 0 saturated carbocycles. The summed E-state index contributed by atoms with van der Waals surface area (Å²) in [4.78, 5) is 5.10. The molecule has 3 heteroatoms. The first kappa shape index (κ1) is 13.5. The summed E-state index contributed by atoms with van der Waals surface area (Å²) in [5, 5.41) is 8.61. The highest BCUT2D eigenvalue weighted by Gasteiger charge is 2.39. The minimum absolute atomic E-state index is 0.696. The number of rotatable bonds is 4. The van der Waals surface area contributed by atoms with Crippen LogP contribution in [0.25, 0.3) is 0 Å². The number of benzene rings is 1. The SMILES string of the molecule is Cc1ccc(N2C[C@H]3CN(CCCC#N)C[C@H]3C2)cc1. The molecule has 0 N–H and O–H groups in total. The number of fused-ring (bicyclic) bond motifs is 1. The van der Waals surface area contributed by atoms with E-state index in [1.807, 2.05) is 0 Å². The number of nitriles is 1. The number of aryl methyl sites for hydroxylation is 1. The Balaban J connectivity index is 1.53. The first-order chi connectivity index (χ1) is 9.76. The van der Waals surface area contributed by atoms with Crippen LogP contribution in [0.15, 0.2) is 24.3 Å². The van der Waals surface area contributed by atoms with Gasteiger partial charge in [0.05, 0.1) is 6.07 Å². The fourth-order valence-electron chi connectivity index (χ4n) is 3.62. The van der Waals surface area contributed by atoms with Crippen LogP contribution < -0.4 is 4.90 Å². The molecule has 0 radical (unpaired) electrons. The lowest BCUT2D eigenvalue weighted by Gasteiger charge is -2.23. The van der Waals surface area contributed by atoms with Gasteiger partial charge in [-0.3, -0.25) is 0 Å². The predicted octanol–water partition coefficient (Wildman–Crippen LogP) is 2.67. The van der Waals surface area contributed by atoms with E-state index in [-0.39, 0.29) is 0 Å². The second-order valence-corrected chi connectivity index (χ2v) is 6.28. The molecule has 2 heterocycles. The zero-order valence-corrected chi connectivity index (χ0v) is 12.3. The van der Waals surface area contributed by atoms with Crippen LogP contribution >= 0.6 is 0 Å². The van der Waals surface area contributed by atoms with Crippen LogP contribution in [0.5, 0.6) is 0 Å². The Morgan fingerprint density at radius 2 is 1.75 bits per heavy atom. The highest BCUT2D eigenvalue weighted by molar-refractivity contribution is 5.48. The largest absolute Gasteiger partial charge is 0.371 e. The van der Waals surface area contributed by atoms with E-state index in [2.05, 4.69) is 47.1 Å². The molecular formula is C17H23N3. The van der Waals surface area contributed by atoms with Gasteiger partial charge >= 0.3 is 0 Å². The lowest BCUT2D eigenvalue weighted by Crippen LogP contribution is -2.29.